The van der Waals surface area contributed by atoms with E-state index in [0.29, 0.717) is 17.1 Å². The van der Waals surface area contributed by atoms with Gasteiger partial charge in [0.25, 0.3) is 0 Å². The number of aromatic nitrogens is 2. The van der Waals surface area contributed by atoms with E-state index in [9.17, 15) is 0 Å². The molecule has 1 aromatic rings. The molecule has 0 saturated carbocycles. The number of nitrogen functional groups attached to an aromatic ring is 1. The first-order valence-electron chi connectivity index (χ1n) is 6.19. The highest BCUT2D eigenvalue weighted by molar-refractivity contribution is 5.50. The Bertz CT molecular complexity index is 489. The van der Waals surface area contributed by atoms with Crippen LogP contribution in [0.3, 0.4) is 0 Å². The van der Waals surface area contributed by atoms with Crippen LogP contribution < -0.4 is 5.73 Å². The van der Waals surface area contributed by atoms with Crippen LogP contribution in [0.15, 0.2) is 0 Å². The summed E-state index contributed by atoms with van der Waals surface area (Å²) < 4.78 is 0. The van der Waals surface area contributed by atoms with Crippen molar-refractivity contribution >= 4 is 5.82 Å². The third-order valence-electron chi connectivity index (χ3n) is 3.82. The maximum atomic E-state index is 8.98. The van der Waals surface area contributed by atoms with Gasteiger partial charge in [0.1, 0.15) is 23.3 Å². The molecule has 1 unspecified atom stereocenters. The van der Waals surface area contributed by atoms with E-state index in [2.05, 4.69) is 25.8 Å². The lowest BCUT2D eigenvalue weighted by Gasteiger charge is -2.46. The van der Waals surface area contributed by atoms with Crippen LogP contribution in [-0.2, 0) is 0 Å². The largest absolute Gasteiger partial charge is 0.382 e. The Kier molecular flexibility index (Phi) is 2.65. The standard InChI is InChI=1S/C12H16N6/c1-8-9(6-13)11(14)16-12(15-8)10-7-17-2-4-18(10)5-3-17/h10H,2-5,7H2,1H3,(H2,14,15,16). The van der Waals surface area contributed by atoms with Gasteiger partial charge in [-0.2, -0.15) is 5.26 Å². The van der Waals surface area contributed by atoms with Crippen molar-refractivity contribution in [2.24, 2.45) is 0 Å². The van der Waals surface area contributed by atoms with E-state index < -0.39 is 0 Å². The van der Waals surface area contributed by atoms with E-state index in [1.807, 2.05) is 6.92 Å². The topological polar surface area (TPSA) is 82.1 Å². The van der Waals surface area contributed by atoms with Gasteiger partial charge in [0.15, 0.2) is 0 Å². The normalized spacial score (nSPS) is 30.1. The first-order chi connectivity index (χ1) is 8.69. The monoisotopic (exact) mass is 244 g/mol. The Morgan fingerprint density at radius 1 is 1.28 bits per heavy atom. The fourth-order valence-electron chi connectivity index (χ4n) is 2.77. The summed E-state index contributed by atoms with van der Waals surface area (Å²) in [5.74, 6) is 1.06. The second-order valence-electron chi connectivity index (χ2n) is 4.89. The van der Waals surface area contributed by atoms with Crippen molar-refractivity contribution in [1.29, 1.82) is 5.26 Å². The quantitative estimate of drug-likeness (QED) is 0.743. The molecule has 1 aromatic heterocycles. The number of nitriles is 1. The zero-order valence-electron chi connectivity index (χ0n) is 10.4. The molecule has 6 nitrogen and oxygen atoms in total. The van der Waals surface area contributed by atoms with Gasteiger partial charge < -0.3 is 5.73 Å². The maximum Gasteiger partial charge on any atom is 0.149 e. The van der Waals surface area contributed by atoms with Crippen LogP contribution in [0.25, 0.3) is 0 Å². The van der Waals surface area contributed by atoms with E-state index in [0.717, 1.165) is 38.5 Å². The Hall–Kier alpha value is -1.71. The zero-order chi connectivity index (χ0) is 12.7. The average Bonchev–Trinajstić information content (AvgIpc) is 2.39. The summed E-state index contributed by atoms with van der Waals surface area (Å²) >= 11 is 0. The van der Waals surface area contributed by atoms with Gasteiger partial charge in [-0.05, 0) is 6.92 Å². The van der Waals surface area contributed by atoms with Crippen LogP contribution in [0.4, 0.5) is 5.82 Å². The molecule has 2 N–H and O–H groups in total. The number of nitrogens with two attached hydrogens (primary N) is 1. The van der Waals surface area contributed by atoms with Crippen LogP contribution >= 0.6 is 0 Å². The van der Waals surface area contributed by atoms with Crippen LogP contribution in [0.2, 0.25) is 0 Å². The fourth-order valence-corrected chi connectivity index (χ4v) is 2.77. The summed E-state index contributed by atoms with van der Waals surface area (Å²) in [5, 5.41) is 8.98. The predicted octanol–water partition coefficient (Wildman–Crippen LogP) is -0.0888. The maximum absolute atomic E-state index is 8.98. The highest BCUT2D eigenvalue weighted by atomic mass is 15.4. The Morgan fingerprint density at radius 3 is 2.50 bits per heavy atom. The van der Waals surface area contributed by atoms with E-state index in [1.165, 1.54) is 0 Å². The van der Waals surface area contributed by atoms with Gasteiger partial charge in [-0.3, -0.25) is 9.80 Å². The lowest BCUT2D eigenvalue weighted by Crippen LogP contribution is -2.57. The van der Waals surface area contributed by atoms with Gasteiger partial charge >= 0.3 is 0 Å². The van der Waals surface area contributed by atoms with Gasteiger partial charge in [-0.25, -0.2) is 9.97 Å². The molecule has 0 aliphatic carbocycles. The van der Waals surface area contributed by atoms with Gasteiger partial charge in [0, 0.05) is 32.7 Å². The van der Waals surface area contributed by atoms with Crippen molar-refractivity contribution in [2.45, 2.75) is 13.0 Å². The summed E-state index contributed by atoms with van der Waals surface area (Å²) in [6.07, 6.45) is 0. The minimum atomic E-state index is 0.223. The molecular formula is C12H16N6. The number of piperazine rings is 3. The lowest BCUT2D eigenvalue weighted by atomic mass is 10.1. The molecule has 3 aliphatic heterocycles. The van der Waals surface area contributed by atoms with Crippen molar-refractivity contribution in [3.8, 4) is 6.07 Å². The smallest absolute Gasteiger partial charge is 0.149 e. The molecule has 0 spiro atoms. The summed E-state index contributed by atoms with van der Waals surface area (Å²) in [6, 6.07) is 2.28. The molecule has 3 saturated heterocycles. The number of nitrogens with zero attached hydrogens (tertiary/aromatic N) is 5. The molecule has 3 fully saturated rings. The third-order valence-corrected chi connectivity index (χ3v) is 3.82. The molecular weight excluding hydrogens is 228 g/mol. The van der Waals surface area contributed by atoms with Gasteiger partial charge in [-0.1, -0.05) is 0 Å². The van der Waals surface area contributed by atoms with Crippen molar-refractivity contribution in [1.82, 2.24) is 19.8 Å². The second kappa shape index (κ2) is 4.19. The van der Waals surface area contributed by atoms with Gasteiger partial charge in [0.2, 0.25) is 0 Å². The highest BCUT2D eigenvalue weighted by Gasteiger charge is 2.34. The predicted molar refractivity (Wildman–Crippen MR) is 66.7 cm³/mol. The van der Waals surface area contributed by atoms with E-state index in [-0.39, 0.29) is 6.04 Å². The van der Waals surface area contributed by atoms with E-state index in [1.54, 1.807) is 0 Å². The molecule has 3 aliphatic rings. The molecule has 4 rings (SSSR count). The number of hydrogen-bond acceptors (Lipinski definition) is 6. The third kappa shape index (κ3) is 1.72. The van der Waals surface area contributed by atoms with E-state index >= 15 is 0 Å². The fraction of sp³-hybridized carbons (Fsp3) is 0.583. The molecule has 1 atom stereocenters. The Morgan fingerprint density at radius 2 is 2.00 bits per heavy atom. The molecule has 0 amide bonds. The first-order valence-corrected chi connectivity index (χ1v) is 6.19. The number of aryl methyl sites for hydroxylation is 1. The zero-order valence-corrected chi connectivity index (χ0v) is 10.4. The summed E-state index contributed by atoms with van der Waals surface area (Å²) in [7, 11) is 0. The van der Waals surface area contributed by atoms with Crippen LogP contribution in [-0.4, -0.2) is 52.5 Å². The molecule has 0 radical (unpaired) electrons. The van der Waals surface area contributed by atoms with Crippen molar-refractivity contribution in [3.63, 3.8) is 0 Å². The van der Waals surface area contributed by atoms with Crippen molar-refractivity contribution in [3.05, 3.63) is 17.1 Å². The lowest BCUT2D eigenvalue weighted by molar-refractivity contribution is 0.00864. The number of rotatable bonds is 1. The summed E-state index contributed by atoms with van der Waals surface area (Å²) in [4.78, 5) is 13.6. The summed E-state index contributed by atoms with van der Waals surface area (Å²) in [6.45, 7) is 7.16. The first kappa shape index (κ1) is 11.4. The minimum absolute atomic E-state index is 0.223. The average molecular weight is 244 g/mol. The molecule has 4 heterocycles. The highest BCUT2D eigenvalue weighted by Crippen LogP contribution is 2.27. The van der Waals surface area contributed by atoms with Crippen molar-refractivity contribution in [2.75, 3.05) is 38.5 Å². The molecule has 6 heteroatoms. The second-order valence-corrected chi connectivity index (χ2v) is 4.89. The van der Waals surface area contributed by atoms with Crippen LogP contribution in [0.5, 0.6) is 0 Å². The van der Waals surface area contributed by atoms with Crippen LogP contribution in [0, 0.1) is 18.3 Å². The van der Waals surface area contributed by atoms with Gasteiger partial charge in [-0.15, -0.1) is 0 Å². The molecule has 0 aromatic carbocycles. The molecule has 2 bridgehead atoms. The number of anilines is 1. The number of fused-ring (bicyclic) bond motifs is 3. The minimum Gasteiger partial charge on any atom is -0.382 e. The molecule has 18 heavy (non-hydrogen) atoms. The number of hydrogen-bond donors (Lipinski definition) is 1. The Balaban J connectivity index is 1.96. The van der Waals surface area contributed by atoms with Crippen molar-refractivity contribution < 1.29 is 0 Å². The SMILES string of the molecule is Cc1nc(C2CN3CCN2CC3)nc(N)c1C#N. The Labute approximate surface area is 106 Å². The van der Waals surface area contributed by atoms with E-state index in [4.69, 9.17) is 11.0 Å². The molecule has 94 valence electrons. The summed E-state index contributed by atoms with van der Waals surface area (Å²) in [5.41, 5.74) is 6.91. The van der Waals surface area contributed by atoms with Gasteiger partial charge in [0.05, 0.1) is 11.7 Å². The van der Waals surface area contributed by atoms with Crippen LogP contribution in [0.1, 0.15) is 23.1 Å².